The molecule has 4 heteroatoms. The molecule has 1 N–H and O–H groups in total. The Bertz CT molecular complexity index is 415. The van der Waals surface area contributed by atoms with Crippen molar-refractivity contribution < 1.29 is 0 Å². The molecule has 0 spiro atoms. The minimum atomic E-state index is -0.224. The van der Waals surface area contributed by atoms with Crippen LogP contribution in [0.25, 0.3) is 0 Å². The lowest BCUT2D eigenvalue weighted by Crippen LogP contribution is -2.57. The van der Waals surface area contributed by atoms with Gasteiger partial charge in [-0.1, -0.05) is 0 Å². The number of hydrogen-bond acceptors (Lipinski definition) is 4. The number of nitriles is 1. The highest BCUT2D eigenvalue weighted by Crippen LogP contribution is 2.35. The van der Waals surface area contributed by atoms with Gasteiger partial charge in [-0.2, -0.15) is 5.26 Å². The van der Waals surface area contributed by atoms with Crippen LogP contribution in [0.15, 0.2) is 0 Å². The molecule has 0 aromatic carbocycles. The van der Waals surface area contributed by atoms with Crippen molar-refractivity contribution in [3.05, 3.63) is 0 Å². The number of nitrogens with one attached hydrogen (secondary N) is 1. The Balaban J connectivity index is 1.35. The minimum Gasteiger partial charge on any atom is -0.298 e. The van der Waals surface area contributed by atoms with E-state index in [1.54, 1.807) is 0 Å². The van der Waals surface area contributed by atoms with Crippen molar-refractivity contribution in [2.75, 3.05) is 26.2 Å². The maximum atomic E-state index is 9.72. The van der Waals surface area contributed by atoms with Crippen LogP contribution in [0.5, 0.6) is 0 Å². The summed E-state index contributed by atoms with van der Waals surface area (Å²) in [5.74, 6) is 0. The highest BCUT2D eigenvalue weighted by molar-refractivity contribution is 5.13. The van der Waals surface area contributed by atoms with Crippen molar-refractivity contribution in [2.24, 2.45) is 0 Å². The van der Waals surface area contributed by atoms with Gasteiger partial charge in [-0.15, -0.1) is 0 Å². The average Bonchev–Trinajstić information content (AvgIpc) is 3.41. The monoisotopic (exact) mass is 288 g/mol. The number of hydrogen-bond donors (Lipinski definition) is 1. The predicted molar refractivity (Wildman–Crippen MR) is 82.9 cm³/mol. The zero-order valence-corrected chi connectivity index (χ0v) is 13.1. The summed E-state index contributed by atoms with van der Waals surface area (Å²) < 4.78 is 0. The van der Waals surface area contributed by atoms with Crippen LogP contribution < -0.4 is 5.32 Å². The molecule has 0 aromatic heterocycles. The fraction of sp³-hybridized carbons (Fsp3) is 0.941. The van der Waals surface area contributed by atoms with E-state index >= 15 is 0 Å². The van der Waals surface area contributed by atoms with E-state index in [9.17, 15) is 5.26 Å². The van der Waals surface area contributed by atoms with Gasteiger partial charge in [-0.3, -0.25) is 15.1 Å². The Morgan fingerprint density at radius 1 is 0.905 bits per heavy atom. The molecule has 2 atom stereocenters. The Morgan fingerprint density at radius 3 is 2.14 bits per heavy atom. The lowest BCUT2D eigenvalue weighted by Gasteiger charge is -2.45. The van der Waals surface area contributed by atoms with Crippen molar-refractivity contribution in [3.63, 3.8) is 0 Å². The van der Waals surface area contributed by atoms with Crippen LogP contribution in [0, 0.1) is 11.3 Å². The first-order valence-corrected chi connectivity index (χ1v) is 8.95. The van der Waals surface area contributed by atoms with Crippen molar-refractivity contribution >= 4 is 0 Å². The van der Waals surface area contributed by atoms with Gasteiger partial charge in [-0.25, -0.2) is 0 Å². The lowest BCUT2D eigenvalue weighted by molar-refractivity contribution is 0.0594. The first kappa shape index (κ1) is 14.0. The van der Waals surface area contributed by atoms with Gasteiger partial charge in [0.25, 0.3) is 0 Å². The van der Waals surface area contributed by atoms with Crippen molar-refractivity contribution in [3.8, 4) is 6.07 Å². The summed E-state index contributed by atoms with van der Waals surface area (Å²) in [4.78, 5) is 5.36. The molecule has 3 saturated carbocycles. The fourth-order valence-electron chi connectivity index (χ4n) is 4.35. The van der Waals surface area contributed by atoms with E-state index < -0.39 is 0 Å². The van der Waals surface area contributed by atoms with E-state index in [-0.39, 0.29) is 5.54 Å². The predicted octanol–water partition coefficient (Wildman–Crippen LogP) is 1.72. The van der Waals surface area contributed by atoms with Crippen LogP contribution >= 0.6 is 0 Å². The van der Waals surface area contributed by atoms with E-state index in [0.717, 1.165) is 18.9 Å². The smallest absolute Gasteiger partial charge is 0.108 e. The summed E-state index contributed by atoms with van der Waals surface area (Å²) in [6.45, 7) is 4.92. The first-order chi connectivity index (χ1) is 10.3. The van der Waals surface area contributed by atoms with E-state index in [4.69, 9.17) is 0 Å². The zero-order valence-electron chi connectivity index (χ0n) is 13.1. The van der Waals surface area contributed by atoms with E-state index in [2.05, 4.69) is 21.2 Å². The van der Waals surface area contributed by atoms with Crippen LogP contribution in [0.3, 0.4) is 0 Å². The molecule has 4 fully saturated rings. The molecule has 3 aliphatic carbocycles. The molecular formula is C17H28N4. The van der Waals surface area contributed by atoms with Gasteiger partial charge in [-0.05, 0) is 51.4 Å². The molecule has 0 bridgehead atoms. The van der Waals surface area contributed by atoms with Gasteiger partial charge in [0.05, 0.1) is 6.07 Å². The quantitative estimate of drug-likeness (QED) is 0.855. The summed E-state index contributed by atoms with van der Waals surface area (Å²) >= 11 is 0. The maximum absolute atomic E-state index is 9.72. The van der Waals surface area contributed by atoms with Gasteiger partial charge in [0.15, 0.2) is 0 Å². The van der Waals surface area contributed by atoms with Gasteiger partial charge in [0.1, 0.15) is 5.54 Å². The van der Waals surface area contributed by atoms with Crippen molar-refractivity contribution in [1.82, 2.24) is 15.1 Å². The highest BCUT2D eigenvalue weighted by atomic mass is 15.3. The summed E-state index contributed by atoms with van der Waals surface area (Å²) in [7, 11) is 0. The second kappa shape index (κ2) is 5.53. The lowest BCUT2D eigenvalue weighted by atomic mass is 9.79. The fourth-order valence-corrected chi connectivity index (χ4v) is 4.35. The second-order valence-corrected chi connectivity index (χ2v) is 7.67. The SMILES string of the molecule is N#CC1(NC2CC2)CCCC(N2CCN(C3CC3)CC2)C1. The Labute approximate surface area is 128 Å². The molecule has 1 heterocycles. The molecule has 0 amide bonds. The van der Waals surface area contributed by atoms with Gasteiger partial charge >= 0.3 is 0 Å². The maximum Gasteiger partial charge on any atom is 0.108 e. The third kappa shape index (κ3) is 3.11. The first-order valence-electron chi connectivity index (χ1n) is 8.95. The Hall–Kier alpha value is -0.630. The summed E-state index contributed by atoms with van der Waals surface area (Å²) in [5.41, 5.74) is -0.224. The van der Waals surface area contributed by atoms with Crippen molar-refractivity contribution in [1.29, 1.82) is 5.26 Å². The standard InChI is InChI=1S/C17H28N4/c18-13-17(19-14-3-4-14)7-1-2-16(12-17)21-10-8-20(9-11-21)15-5-6-15/h14-16,19H,1-12H2. The molecule has 4 nitrogen and oxygen atoms in total. The van der Waals surface area contributed by atoms with E-state index in [1.165, 1.54) is 64.7 Å². The summed E-state index contributed by atoms with van der Waals surface area (Å²) in [6, 6.07) is 4.82. The topological polar surface area (TPSA) is 42.3 Å². The summed E-state index contributed by atoms with van der Waals surface area (Å²) in [6.07, 6.45) is 9.99. The van der Waals surface area contributed by atoms with Gasteiger partial charge in [0.2, 0.25) is 0 Å². The molecule has 21 heavy (non-hydrogen) atoms. The van der Waals surface area contributed by atoms with Crippen LogP contribution in [-0.2, 0) is 0 Å². The molecule has 0 aromatic rings. The molecule has 1 aliphatic heterocycles. The largest absolute Gasteiger partial charge is 0.298 e. The van der Waals surface area contributed by atoms with E-state index in [0.29, 0.717) is 12.1 Å². The Morgan fingerprint density at radius 2 is 1.57 bits per heavy atom. The highest BCUT2D eigenvalue weighted by Gasteiger charge is 2.42. The van der Waals surface area contributed by atoms with Gasteiger partial charge in [0, 0.05) is 44.3 Å². The average molecular weight is 288 g/mol. The molecule has 4 aliphatic rings. The summed E-state index contributed by atoms with van der Waals surface area (Å²) in [5, 5.41) is 13.4. The van der Waals surface area contributed by atoms with Gasteiger partial charge < -0.3 is 0 Å². The minimum absolute atomic E-state index is 0.224. The zero-order chi connectivity index (χ0) is 14.3. The number of nitrogens with zero attached hydrogens (tertiary/aromatic N) is 3. The molecular weight excluding hydrogens is 260 g/mol. The molecule has 1 saturated heterocycles. The van der Waals surface area contributed by atoms with E-state index in [1.807, 2.05) is 0 Å². The number of piperazine rings is 1. The van der Waals surface area contributed by atoms with Crippen molar-refractivity contribution in [2.45, 2.75) is 75.0 Å². The molecule has 0 radical (unpaired) electrons. The molecule has 116 valence electrons. The normalized spacial score (nSPS) is 39.1. The Kier molecular flexibility index (Phi) is 3.69. The number of rotatable bonds is 4. The second-order valence-electron chi connectivity index (χ2n) is 7.67. The molecule has 2 unspecified atom stereocenters. The van der Waals surface area contributed by atoms with Crippen LogP contribution in [0.4, 0.5) is 0 Å². The molecule has 4 rings (SSSR count). The third-order valence-electron chi connectivity index (χ3n) is 5.93. The van der Waals surface area contributed by atoms with Crippen LogP contribution in [0.1, 0.15) is 51.4 Å². The van der Waals surface area contributed by atoms with Crippen LogP contribution in [0.2, 0.25) is 0 Å². The third-order valence-corrected chi connectivity index (χ3v) is 5.93. The van der Waals surface area contributed by atoms with Crippen LogP contribution in [-0.4, -0.2) is 59.6 Å².